The number of rotatable bonds is 2. The van der Waals surface area contributed by atoms with Gasteiger partial charge in [0, 0.05) is 5.56 Å². The minimum absolute atomic E-state index is 0.00353. The lowest BCUT2D eigenvalue weighted by Crippen LogP contribution is -2.22. The highest BCUT2D eigenvalue weighted by Crippen LogP contribution is 2.39. The standard InChI is InChI=1S/C10H8N2O4/c11-3-5-1-2-6-9(16-4-15-6)7(5)8(12)10(13)14/h1-2,8H,4,12H2,(H,13,14). The van der Waals surface area contributed by atoms with E-state index in [2.05, 4.69) is 0 Å². The summed E-state index contributed by atoms with van der Waals surface area (Å²) in [6, 6.07) is 3.60. The van der Waals surface area contributed by atoms with Gasteiger partial charge in [-0.3, -0.25) is 4.79 Å². The van der Waals surface area contributed by atoms with Crippen LogP contribution in [0.4, 0.5) is 0 Å². The van der Waals surface area contributed by atoms with Gasteiger partial charge in [-0.1, -0.05) is 0 Å². The zero-order chi connectivity index (χ0) is 11.7. The molecule has 6 heteroatoms. The number of carboxylic acid groups (broad SMARTS) is 1. The fourth-order valence-electron chi connectivity index (χ4n) is 1.52. The molecule has 1 unspecified atom stereocenters. The van der Waals surface area contributed by atoms with Gasteiger partial charge in [0.25, 0.3) is 0 Å². The topological polar surface area (TPSA) is 106 Å². The number of aliphatic carboxylic acids is 1. The number of hydrogen-bond acceptors (Lipinski definition) is 5. The Morgan fingerprint density at radius 2 is 2.31 bits per heavy atom. The highest BCUT2D eigenvalue weighted by Gasteiger charge is 2.28. The van der Waals surface area contributed by atoms with Gasteiger partial charge in [0.1, 0.15) is 6.04 Å². The van der Waals surface area contributed by atoms with Crippen LogP contribution in [0.3, 0.4) is 0 Å². The van der Waals surface area contributed by atoms with Gasteiger partial charge >= 0.3 is 5.97 Å². The molecule has 1 aliphatic rings. The van der Waals surface area contributed by atoms with Crippen molar-refractivity contribution in [2.45, 2.75) is 6.04 Å². The lowest BCUT2D eigenvalue weighted by atomic mass is 10.00. The van der Waals surface area contributed by atoms with Gasteiger partial charge in [-0.15, -0.1) is 0 Å². The van der Waals surface area contributed by atoms with E-state index < -0.39 is 12.0 Å². The molecule has 1 aliphatic heterocycles. The monoisotopic (exact) mass is 220 g/mol. The molecule has 1 aromatic carbocycles. The smallest absolute Gasteiger partial charge is 0.325 e. The second kappa shape index (κ2) is 3.72. The average molecular weight is 220 g/mol. The quantitative estimate of drug-likeness (QED) is 0.745. The lowest BCUT2D eigenvalue weighted by molar-refractivity contribution is -0.138. The molecule has 1 heterocycles. The van der Waals surface area contributed by atoms with E-state index in [9.17, 15) is 4.79 Å². The molecule has 0 amide bonds. The minimum Gasteiger partial charge on any atom is -0.480 e. The van der Waals surface area contributed by atoms with E-state index in [1.165, 1.54) is 6.07 Å². The van der Waals surface area contributed by atoms with Gasteiger partial charge in [-0.2, -0.15) is 5.26 Å². The fourth-order valence-corrected chi connectivity index (χ4v) is 1.52. The molecular formula is C10H8N2O4. The number of nitriles is 1. The summed E-state index contributed by atoms with van der Waals surface area (Å²) < 4.78 is 10.2. The summed E-state index contributed by atoms with van der Waals surface area (Å²) in [4.78, 5) is 10.8. The summed E-state index contributed by atoms with van der Waals surface area (Å²) in [5.41, 5.74) is 5.84. The number of ether oxygens (including phenoxy) is 2. The fraction of sp³-hybridized carbons (Fsp3) is 0.200. The molecule has 6 nitrogen and oxygen atoms in total. The first-order chi connectivity index (χ1) is 7.65. The number of hydrogen-bond donors (Lipinski definition) is 2. The van der Waals surface area contributed by atoms with Crippen molar-refractivity contribution in [2.75, 3.05) is 6.79 Å². The van der Waals surface area contributed by atoms with Crippen LogP contribution in [0, 0.1) is 11.3 Å². The summed E-state index contributed by atoms with van der Waals surface area (Å²) in [5, 5.41) is 17.7. The molecule has 1 aromatic rings. The number of benzene rings is 1. The van der Waals surface area contributed by atoms with E-state index in [0.717, 1.165) is 0 Å². The van der Waals surface area contributed by atoms with E-state index in [1.54, 1.807) is 6.07 Å². The van der Waals surface area contributed by atoms with Crippen LogP contribution in [0.25, 0.3) is 0 Å². The first-order valence-electron chi connectivity index (χ1n) is 4.46. The highest BCUT2D eigenvalue weighted by atomic mass is 16.7. The number of nitrogens with zero attached hydrogens (tertiary/aromatic N) is 1. The van der Waals surface area contributed by atoms with Crippen molar-refractivity contribution in [1.29, 1.82) is 5.26 Å². The van der Waals surface area contributed by atoms with Crippen LogP contribution in [0.1, 0.15) is 17.2 Å². The number of carboxylic acids is 1. The minimum atomic E-state index is -1.30. The van der Waals surface area contributed by atoms with Crippen LogP contribution in [-0.2, 0) is 4.79 Å². The van der Waals surface area contributed by atoms with Gasteiger partial charge < -0.3 is 20.3 Å². The second-order valence-electron chi connectivity index (χ2n) is 3.19. The Hall–Kier alpha value is -2.26. The molecule has 82 valence electrons. The molecule has 0 spiro atoms. The molecule has 0 bridgehead atoms. The van der Waals surface area contributed by atoms with E-state index in [0.29, 0.717) is 5.75 Å². The van der Waals surface area contributed by atoms with Crippen molar-refractivity contribution in [2.24, 2.45) is 5.73 Å². The number of nitrogens with two attached hydrogens (primary N) is 1. The van der Waals surface area contributed by atoms with Gasteiger partial charge in [0.2, 0.25) is 6.79 Å². The summed E-state index contributed by atoms with van der Waals surface area (Å²) in [6.45, 7) is 0.00353. The summed E-state index contributed by atoms with van der Waals surface area (Å²) in [7, 11) is 0. The molecule has 0 fully saturated rings. The van der Waals surface area contributed by atoms with Crippen LogP contribution >= 0.6 is 0 Å². The second-order valence-corrected chi connectivity index (χ2v) is 3.19. The van der Waals surface area contributed by atoms with Gasteiger partial charge in [0.05, 0.1) is 11.6 Å². The van der Waals surface area contributed by atoms with E-state index in [1.807, 2.05) is 6.07 Å². The van der Waals surface area contributed by atoms with Crippen molar-refractivity contribution in [3.05, 3.63) is 23.3 Å². The lowest BCUT2D eigenvalue weighted by Gasteiger charge is -2.11. The number of carbonyl (C=O) groups is 1. The maximum Gasteiger partial charge on any atom is 0.325 e. The van der Waals surface area contributed by atoms with Crippen LogP contribution in [0.15, 0.2) is 12.1 Å². The largest absolute Gasteiger partial charge is 0.480 e. The third-order valence-electron chi connectivity index (χ3n) is 2.28. The van der Waals surface area contributed by atoms with E-state index >= 15 is 0 Å². The number of fused-ring (bicyclic) bond motifs is 1. The van der Waals surface area contributed by atoms with Gasteiger partial charge in [-0.25, -0.2) is 0 Å². The van der Waals surface area contributed by atoms with Crippen LogP contribution in [0.2, 0.25) is 0 Å². The third kappa shape index (κ3) is 1.43. The molecule has 3 N–H and O–H groups in total. The molecule has 0 aromatic heterocycles. The van der Waals surface area contributed by atoms with Crippen molar-refractivity contribution >= 4 is 5.97 Å². The van der Waals surface area contributed by atoms with E-state index in [4.69, 9.17) is 25.6 Å². The van der Waals surface area contributed by atoms with Crippen molar-refractivity contribution in [3.63, 3.8) is 0 Å². The van der Waals surface area contributed by atoms with E-state index in [-0.39, 0.29) is 23.7 Å². The molecular weight excluding hydrogens is 212 g/mol. The highest BCUT2D eigenvalue weighted by molar-refractivity contribution is 5.78. The Labute approximate surface area is 90.8 Å². The van der Waals surface area contributed by atoms with Crippen LogP contribution < -0.4 is 15.2 Å². The Morgan fingerprint density at radius 3 is 2.94 bits per heavy atom. The molecule has 0 radical (unpaired) electrons. The zero-order valence-corrected chi connectivity index (χ0v) is 8.14. The Balaban J connectivity index is 2.61. The van der Waals surface area contributed by atoms with Crippen molar-refractivity contribution < 1.29 is 19.4 Å². The molecule has 0 aliphatic carbocycles. The summed E-state index contributed by atoms with van der Waals surface area (Å²) >= 11 is 0. The first-order valence-corrected chi connectivity index (χ1v) is 4.46. The van der Waals surface area contributed by atoms with Crippen LogP contribution in [-0.4, -0.2) is 17.9 Å². The average Bonchev–Trinajstić information content (AvgIpc) is 2.74. The third-order valence-corrected chi connectivity index (χ3v) is 2.28. The van der Waals surface area contributed by atoms with Crippen LogP contribution in [0.5, 0.6) is 11.5 Å². The first kappa shape index (κ1) is 10.3. The Bertz CT molecular complexity index is 492. The SMILES string of the molecule is N#Cc1ccc2c(c1C(N)C(=O)O)OCO2. The maximum absolute atomic E-state index is 10.8. The van der Waals surface area contributed by atoms with Crippen molar-refractivity contribution in [1.82, 2.24) is 0 Å². The Morgan fingerprint density at radius 1 is 1.56 bits per heavy atom. The summed E-state index contributed by atoms with van der Waals surface area (Å²) in [6.07, 6.45) is 0. The normalized spacial score (nSPS) is 14.2. The molecule has 2 rings (SSSR count). The predicted octanol–water partition coefficient (Wildman–Crippen LogP) is 0.371. The zero-order valence-electron chi connectivity index (χ0n) is 8.14. The maximum atomic E-state index is 10.8. The predicted molar refractivity (Wildman–Crippen MR) is 51.8 cm³/mol. The molecule has 16 heavy (non-hydrogen) atoms. The Kier molecular flexibility index (Phi) is 2.38. The van der Waals surface area contributed by atoms with Crippen molar-refractivity contribution in [3.8, 4) is 17.6 Å². The molecule has 1 atom stereocenters. The molecule has 0 saturated carbocycles. The van der Waals surface area contributed by atoms with Gasteiger partial charge in [0.15, 0.2) is 11.5 Å². The summed E-state index contributed by atoms with van der Waals surface area (Å²) in [5.74, 6) is -0.569. The molecule has 0 saturated heterocycles. The van der Waals surface area contributed by atoms with Gasteiger partial charge in [-0.05, 0) is 12.1 Å².